The Morgan fingerprint density at radius 3 is 1.06 bits per heavy atom. The van der Waals surface area contributed by atoms with E-state index in [1.165, 1.54) is 110 Å². The average Bonchev–Trinajstić information content (AvgIpc) is 3.77. The van der Waals surface area contributed by atoms with Crippen LogP contribution in [0.5, 0.6) is 0 Å². The third kappa shape index (κ3) is 4.11. The summed E-state index contributed by atoms with van der Waals surface area (Å²) in [5.74, 6) is 0. The van der Waals surface area contributed by atoms with Gasteiger partial charge in [-0.05, 0) is 103 Å². The first-order chi connectivity index (χ1) is 26.8. The molecule has 2 nitrogen and oxygen atoms in total. The molecular weight excluding hydrogens is 653 g/mol. The van der Waals surface area contributed by atoms with Crippen LogP contribution in [0.3, 0.4) is 0 Å². The van der Waals surface area contributed by atoms with Gasteiger partial charge < -0.3 is 9.13 Å². The zero-order chi connectivity index (χ0) is 35.3. The van der Waals surface area contributed by atoms with E-state index >= 15 is 0 Å². The average molecular weight is 685 g/mol. The number of benzene rings is 10. The molecule has 250 valence electrons. The molecule has 54 heavy (non-hydrogen) atoms. The first kappa shape index (κ1) is 29.4. The number of rotatable bonds is 5. The van der Waals surface area contributed by atoms with Gasteiger partial charge in [0.2, 0.25) is 0 Å². The fourth-order valence-electron chi connectivity index (χ4n) is 9.27. The van der Waals surface area contributed by atoms with Crippen molar-refractivity contribution in [2.75, 3.05) is 0 Å². The molecule has 0 spiro atoms. The fraction of sp³-hybridized carbons (Fsp3) is 0. The summed E-state index contributed by atoms with van der Waals surface area (Å²) >= 11 is 0. The molecule has 2 heteroatoms. The van der Waals surface area contributed by atoms with Gasteiger partial charge in [0.1, 0.15) is 0 Å². The lowest BCUT2D eigenvalue weighted by molar-refractivity contribution is 1.18. The van der Waals surface area contributed by atoms with Crippen LogP contribution in [-0.2, 0) is 0 Å². The first-order valence-electron chi connectivity index (χ1n) is 18.7. The maximum Gasteiger partial charge on any atom is 0.0547 e. The second kappa shape index (κ2) is 11.2. The van der Waals surface area contributed by atoms with Crippen LogP contribution >= 0.6 is 0 Å². The maximum atomic E-state index is 2.44. The first-order valence-corrected chi connectivity index (χ1v) is 18.7. The largest absolute Gasteiger partial charge is 0.309 e. The van der Waals surface area contributed by atoms with Crippen LogP contribution in [0.2, 0.25) is 0 Å². The zero-order valence-corrected chi connectivity index (χ0v) is 29.4. The Morgan fingerprint density at radius 1 is 0.241 bits per heavy atom. The maximum absolute atomic E-state index is 2.44. The minimum Gasteiger partial charge on any atom is -0.309 e. The van der Waals surface area contributed by atoms with Gasteiger partial charge in [0.05, 0.1) is 22.1 Å². The summed E-state index contributed by atoms with van der Waals surface area (Å²) in [5, 5.41) is 10.4. The van der Waals surface area contributed by atoms with Crippen LogP contribution in [0.15, 0.2) is 194 Å². The summed E-state index contributed by atoms with van der Waals surface area (Å²) in [7, 11) is 0. The van der Waals surface area contributed by atoms with Crippen LogP contribution < -0.4 is 0 Å². The Bertz CT molecular complexity index is 3100. The van der Waals surface area contributed by atoms with Crippen molar-refractivity contribution in [3.05, 3.63) is 194 Å². The summed E-state index contributed by atoms with van der Waals surface area (Å²) in [6, 6.07) is 71.3. The van der Waals surface area contributed by atoms with Gasteiger partial charge in [-0.25, -0.2) is 0 Å². The smallest absolute Gasteiger partial charge is 0.0547 e. The predicted molar refractivity (Wildman–Crippen MR) is 229 cm³/mol. The molecule has 0 saturated heterocycles. The molecule has 0 saturated carbocycles. The zero-order valence-electron chi connectivity index (χ0n) is 29.4. The van der Waals surface area contributed by atoms with Crippen molar-refractivity contribution >= 4 is 65.2 Å². The summed E-state index contributed by atoms with van der Waals surface area (Å²) in [6.07, 6.45) is 0. The van der Waals surface area contributed by atoms with E-state index in [0.717, 1.165) is 0 Å². The van der Waals surface area contributed by atoms with Gasteiger partial charge >= 0.3 is 0 Å². The molecule has 0 atom stereocenters. The SMILES string of the molecule is c1ccc(-c2ccc(-n3c4cccc5ccc6c(-c7ccc8c9c7ccc7cccc(c79)n8-c7ccc(-c8ccccc8)cc7)ccc3c6c54)cc2)cc1. The Kier molecular flexibility index (Phi) is 6.09. The molecule has 0 aliphatic carbocycles. The molecule has 12 aromatic rings. The van der Waals surface area contributed by atoms with Crippen LogP contribution in [0.4, 0.5) is 0 Å². The van der Waals surface area contributed by atoms with Crippen molar-refractivity contribution in [2.45, 2.75) is 0 Å². The fourth-order valence-corrected chi connectivity index (χ4v) is 9.27. The third-order valence-corrected chi connectivity index (χ3v) is 11.7. The minimum atomic E-state index is 1.17. The molecule has 12 rings (SSSR count). The Labute approximate surface area is 312 Å². The summed E-state index contributed by atoms with van der Waals surface area (Å²) < 4.78 is 4.89. The lowest BCUT2D eigenvalue weighted by Gasteiger charge is -2.13. The van der Waals surface area contributed by atoms with Crippen molar-refractivity contribution in [1.82, 2.24) is 9.13 Å². The highest BCUT2D eigenvalue weighted by Gasteiger charge is 2.22. The predicted octanol–water partition coefficient (Wildman–Crippen LogP) is 14.1. The topological polar surface area (TPSA) is 9.86 Å². The van der Waals surface area contributed by atoms with E-state index in [2.05, 4.69) is 203 Å². The van der Waals surface area contributed by atoms with E-state index in [9.17, 15) is 0 Å². The minimum absolute atomic E-state index is 1.17. The molecule has 0 aliphatic heterocycles. The standard InChI is InChI=1S/C52H32N2/c1-3-9-33(10-4-1)35-17-23-39(24-18-35)53-45-15-7-13-37-21-27-43-41(29-31-47(53)51(43)49(37)45)42-30-32-48-52-44(42)28-22-38-14-8-16-46(50(38)52)54(48)40-25-19-36(20-26-40)34-11-5-2-6-12-34/h1-32H. The summed E-state index contributed by atoms with van der Waals surface area (Å²) in [5.41, 5.74) is 14.7. The monoisotopic (exact) mass is 684 g/mol. The van der Waals surface area contributed by atoms with Crippen LogP contribution in [0.1, 0.15) is 0 Å². The Balaban J connectivity index is 1.06. The number of aromatic nitrogens is 2. The van der Waals surface area contributed by atoms with E-state index in [4.69, 9.17) is 0 Å². The highest BCUT2D eigenvalue weighted by atomic mass is 15.0. The van der Waals surface area contributed by atoms with Gasteiger partial charge in [-0.1, -0.05) is 146 Å². The van der Waals surface area contributed by atoms with Gasteiger partial charge in [-0.15, -0.1) is 0 Å². The molecule has 0 aliphatic rings. The quantitative estimate of drug-likeness (QED) is 0.160. The van der Waals surface area contributed by atoms with E-state index < -0.39 is 0 Å². The molecule has 10 aromatic carbocycles. The highest BCUT2D eigenvalue weighted by molar-refractivity contribution is 6.30. The normalized spacial score (nSPS) is 12.1. The van der Waals surface area contributed by atoms with Crippen molar-refractivity contribution in [3.8, 4) is 44.8 Å². The highest BCUT2D eigenvalue weighted by Crippen LogP contribution is 2.47. The van der Waals surface area contributed by atoms with Crippen molar-refractivity contribution in [2.24, 2.45) is 0 Å². The molecular formula is C52H32N2. The van der Waals surface area contributed by atoms with Crippen LogP contribution in [0, 0.1) is 0 Å². The van der Waals surface area contributed by atoms with Gasteiger partial charge in [-0.3, -0.25) is 0 Å². The van der Waals surface area contributed by atoms with E-state index in [0.29, 0.717) is 0 Å². The van der Waals surface area contributed by atoms with E-state index in [1.54, 1.807) is 0 Å². The molecule has 0 fully saturated rings. The van der Waals surface area contributed by atoms with Gasteiger partial charge in [0.15, 0.2) is 0 Å². The lowest BCUT2D eigenvalue weighted by atomic mass is 9.90. The molecule has 0 N–H and O–H groups in total. The van der Waals surface area contributed by atoms with E-state index in [-0.39, 0.29) is 0 Å². The van der Waals surface area contributed by atoms with E-state index in [1.807, 2.05) is 0 Å². The molecule has 0 unspecified atom stereocenters. The van der Waals surface area contributed by atoms with Crippen molar-refractivity contribution in [3.63, 3.8) is 0 Å². The van der Waals surface area contributed by atoms with Gasteiger partial charge in [0.25, 0.3) is 0 Å². The van der Waals surface area contributed by atoms with Crippen molar-refractivity contribution < 1.29 is 0 Å². The second-order valence-electron chi connectivity index (χ2n) is 14.5. The molecule has 2 aromatic heterocycles. The van der Waals surface area contributed by atoms with Crippen LogP contribution in [-0.4, -0.2) is 9.13 Å². The van der Waals surface area contributed by atoms with Gasteiger partial charge in [0, 0.05) is 32.9 Å². The Morgan fingerprint density at radius 2 is 0.630 bits per heavy atom. The van der Waals surface area contributed by atoms with Gasteiger partial charge in [-0.2, -0.15) is 0 Å². The molecule has 0 amide bonds. The number of hydrogen-bond donors (Lipinski definition) is 0. The molecule has 0 radical (unpaired) electrons. The number of hydrogen-bond acceptors (Lipinski definition) is 0. The third-order valence-electron chi connectivity index (χ3n) is 11.7. The Hall–Kier alpha value is -7.16. The molecule has 0 bridgehead atoms. The van der Waals surface area contributed by atoms with Crippen LogP contribution in [0.25, 0.3) is 110 Å². The lowest BCUT2D eigenvalue weighted by Crippen LogP contribution is -1.94. The summed E-state index contributed by atoms with van der Waals surface area (Å²) in [4.78, 5) is 0. The molecule has 2 heterocycles. The second-order valence-corrected chi connectivity index (χ2v) is 14.5. The van der Waals surface area contributed by atoms with Crippen molar-refractivity contribution in [1.29, 1.82) is 0 Å². The number of nitrogens with zero attached hydrogens (tertiary/aromatic N) is 2. The summed E-state index contributed by atoms with van der Waals surface area (Å²) in [6.45, 7) is 0.